The van der Waals surface area contributed by atoms with Gasteiger partial charge >= 0.3 is 0 Å². The molecule has 4 aromatic rings. The number of hydrogen-bond donors (Lipinski definition) is 0. The number of hydrogen-bond acceptors (Lipinski definition) is 16. The zero-order valence-electron chi connectivity index (χ0n) is 98.4. The number of methoxy groups -OCH3 is 8. The molecule has 0 radical (unpaired) electrons. The third kappa shape index (κ3) is 16.4. The van der Waals surface area contributed by atoms with Gasteiger partial charge in [0.1, 0.15) is 23.1 Å². The Bertz CT molecular complexity index is 5280. The van der Waals surface area contributed by atoms with Crippen molar-refractivity contribution < 1.29 is 117 Å². The Morgan fingerprint density at radius 3 is 1.21 bits per heavy atom. The van der Waals surface area contributed by atoms with Crippen molar-refractivity contribution in [2.75, 3.05) is 109 Å². The topological polar surface area (TPSA) is 155 Å². The van der Waals surface area contributed by atoms with Gasteiger partial charge in [0.25, 0.3) is 0 Å². The summed E-state index contributed by atoms with van der Waals surface area (Å²) in [6, 6.07) is -7.19. The quantitative estimate of drug-likeness (QED) is 0.0926. The number of rotatable bonds is 18. The normalized spacial score (nSPS) is 36.7. The van der Waals surface area contributed by atoms with Crippen LogP contribution in [0.25, 0.3) is 0 Å². The largest absolute Gasteiger partial charge is 0.493 e. The van der Waals surface area contributed by atoms with Crippen molar-refractivity contribution in [2.45, 2.75) is 169 Å². The maximum Gasteiger partial charge on any atom is 0.161 e. The second-order valence-electron chi connectivity index (χ2n) is 24.2. The number of nitrogens with zero attached hydrogens (tertiary/aromatic N) is 4. The Labute approximate surface area is 624 Å². The number of piperidine rings is 4. The number of benzene rings is 4. The van der Waals surface area contributed by atoms with E-state index < -0.39 is 218 Å². The van der Waals surface area contributed by atoms with Crippen LogP contribution in [0.3, 0.4) is 0 Å². The Morgan fingerprint density at radius 1 is 0.468 bits per heavy atom. The van der Waals surface area contributed by atoms with Crippen LogP contribution in [0.5, 0.6) is 46.0 Å². The fraction of sp³-hybridized carbons (Fsp3) is 0.641. The van der Waals surface area contributed by atoms with Gasteiger partial charge in [-0.2, -0.15) is 0 Å². The second-order valence-corrected chi connectivity index (χ2v) is 24.2. The molecule has 0 aliphatic carbocycles. The molecule has 0 saturated carbocycles. The molecule has 4 saturated heterocycles. The van der Waals surface area contributed by atoms with E-state index in [1.165, 1.54) is 21.3 Å². The minimum atomic E-state index is -3.78. The summed E-state index contributed by atoms with van der Waals surface area (Å²) in [6.07, 6.45) is -17.7. The summed E-state index contributed by atoms with van der Waals surface area (Å²) in [4.78, 5) is 59.1. The first kappa shape index (κ1) is 33.8. The lowest BCUT2D eigenvalue weighted by Crippen LogP contribution is -2.46. The number of carbonyl (C=O) groups excluding carboxylic acids is 4. The Balaban J connectivity index is 0.000000207. The summed E-state index contributed by atoms with van der Waals surface area (Å²) in [7, 11) is -6.96. The monoisotopic (exact) mass is 1340 g/mol. The summed E-state index contributed by atoms with van der Waals surface area (Å²) in [6.45, 7) is -0.652. The van der Waals surface area contributed by atoms with Gasteiger partial charge in [0.2, 0.25) is 0 Å². The van der Waals surface area contributed by atoms with Gasteiger partial charge in [0.05, 0.1) is 84.0 Å². The highest BCUT2D eigenvalue weighted by atomic mass is 16.5. The zero-order valence-corrected chi connectivity index (χ0v) is 54.4. The van der Waals surface area contributed by atoms with Crippen molar-refractivity contribution in [2.24, 2.45) is 47.2 Å². The van der Waals surface area contributed by atoms with Gasteiger partial charge in [-0.1, -0.05) is 68.0 Å². The highest BCUT2D eigenvalue weighted by Gasteiger charge is 2.43. The molecule has 10 atom stereocenters. The highest BCUT2D eigenvalue weighted by Crippen LogP contribution is 2.48. The van der Waals surface area contributed by atoms with Crippen LogP contribution in [0.15, 0.2) is 48.3 Å². The van der Waals surface area contributed by atoms with Gasteiger partial charge in [0, 0.05) is 159 Å². The van der Waals surface area contributed by atoms with E-state index in [1.807, 2.05) is 27.7 Å². The smallest absolute Gasteiger partial charge is 0.161 e. The molecular weight excluding hydrogens is 1180 g/mol. The predicted octanol–water partition coefficient (Wildman–Crippen LogP) is 13.7. The van der Waals surface area contributed by atoms with Crippen molar-refractivity contribution in [1.82, 2.24) is 19.6 Å². The molecule has 8 aliphatic rings. The summed E-state index contributed by atoms with van der Waals surface area (Å²) in [5.74, 6) is -20.8. The van der Waals surface area contributed by atoms with Gasteiger partial charge in [-0.25, -0.2) is 0 Å². The van der Waals surface area contributed by atoms with E-state index in [0.29, 0.717) is 49.5 Å². The molecule has 12 rings (SSSR count). The van der Waals surface area contributed by atoms with Crippen molar-refractivity contribution >= 4 is 23.1 Å². The molecule has 4 aromatic carbocycles. The average molecular weight is 1340 g/mol. The molecule has 0 aromatic heterocycles. The van der Waals surface area contributed by atoms with Crippen molar-refractivity contribution in [3.8, 4) is 46.0 Å². The lowest BCUT2D eigenvalue weighted by molar-refractivity contribution is -0.130. The van der Waals surface area contributed by atoms with Crippen LogP contribution in [-0.4, -0.2) is 152 Å². The van der Waals surface area contributed by atoms with Gasteiger partial charge in [0.15, 0.2) is 46.0 Å². The van der Waals surface area contributed by atoms with Gasteiger partial charge < -0.3 is 37.9 Å². The number of Topliss-reactive ketones (excluding diaryl/α,β-unsaturated/α-hetero) is 4. The Kier molecular flexibility index (Phi) is 11.8. The van der Waals surface area contributed by atoms with Crippen molar-refractivity contribution in [3.63, 3.8) is 0 Å². The Hall–Kier alpha value is -6.20. The maximum atomic E-state index is 13.7. The first-order valence-corrected chi connectivity index (χ1v) is 30.9. The predicted molar refractivity (Wildman–Crippen MR) is 370 cm³/mol. The van der Waals surface area contributed by atoms with Crippen LogP contribution in [0.4, 0.5) is 0 Å². The molecule has 516 valence electrons. The van der Waals surface area contributed by atoms with E-state index in [0.717, 1.165) is 18.9 Å². The highest BCUT2D eigenvalue weighted by molar-refractivity contribution is 5.85. The van der Waals surface area contributed by atoms with E-state index >= 15 is 0 Å². The second kappa shape index (κ2) is 32.7. The van der Waals surface area contributed by atoms with Crippen molar-refractivity contribution in [3.05, 3.63) is 92.8 Å². The molecule has 8 heterocycles. The summed E-state index contributed by atoms with van der Waals surface area (Å²) in [5.41, 5.74) is 1.41. The fourth-order valence-corrected chi connectivity index (χ4v) is 12.8. The molecular formula is C78H112N4O12. The number of ether oxygens (including phenoxy) is 8. The lowest BCUT2D eigenvalue weighted by Gasteiger charge is -2.43. The molecule has 8 aliphatic heterocycles. The van der Waals surface area contributed by atoms with Crippen LogP contribution in [0, 0.1) is 47.2 Å². The maximum absolute atomic E-state index is 13.7. The standard InChI is InChI=1S/2C20H29NO3.2C19H27NO3/c2*1-5-13(2)8-15-12-21-7-6-14-9-19(23-3)20(24-4)10-16(14)17(21)11-18(15)22;2*1-12(2)7-14-11-20-6-5-13-8-18(22-3)19(23-4)9-15(13)16(20)10-17(14)21/h2*9-10,13,15,17H,5-8,11-12H2,1-4H3;2*8-9,12,14,16H,5-7,10-11H2,1-4H3/i2D3,4D3,5D2,8D2,9D,10D,11D2,13D,15D;2D3,4D3,5D2,8D2,9D,10D,13D;4D3,8D,9D,10D2,14D;4D3,8D,9D,11D2. The van der Waals surface area contributed by atoms with Crippen molar-refractivity contribution in [1.29, 1.82) is 0 Å². The van der Waals surface area contributed by atoms with E-state index in [4.69, 9.17) is 98.2 Å². The fourth-order valence-electron chi connectivity index (χ4n) is 12.8. The number of carbonyl (C=O) groups is 4. The summed E-state index contributed by atoms with van der Waals surface area (Å²) >= 11 is 0. The SMILES string of the molecule is [2H]c1c2c(c([2H])c(OC([2H])([2H])[2H])c1OC)C1CC(=O)C(C([2H])([2H])C([2H])(C([2H])([2H])[2H])C([2H])([2H])C)CN1CC2.[2H]c1c2c(c([2H])c(OC([2H])([2H])[2H])c1OC)C1CC(=O)C(CC(C)C)C([2H])([2H])N1CC2.[2H]c1c2c(c([2H])c(OC([2H])([2H])[2H])c1OC)C1N(CC2)CC([2H])(C([2H])([2H])C([2H])(C([2H])([2H])[2H])C([2H])([2H])C)C(=O)C1([2H])[2H].[2H]c1c2c(c([2H])c(OC([2H])([2H])[2H])c1OC)C1N(CC2)CC([2H])(CC(C)C)C(=O)C1([2H])[2H]. The van der Waals surface area contributed by atoms with E-state index in [9.17, 15) is 19.2 Å². The first-order chi connectivity index (χ1) is 62.2. The van der Waals surface area contributed by atoms with Crippen LogP contribution >= 0.6 is 0 Å². The molecule has 94 heavy (non-hydrogen) atoms. The zero-order chi connectivity index (χ0) is 106. The molecule has 16 heteroatoms. The van der Waals surface area contributed by atoms with E-state index in [1.54, 1.807) is 14.7 Å². The number of ketones is 4. The molecule has 10 unspecified atom stereocenters. The van der Waals surface area contributed by atoms with Crippen LogP contribution in [0.2, 0.25) is 0 Å². The van der Waals surface area contributed by atoms with Crippen LogP contribution in [-0.2, 0) is 44.9 Å². The number of fused-ring (bicyclic) bond motifs is 12. The van der Waals surface area contributed by atoms with E-state index in [-0.39, 0.29) is 157 Å². The van der Waals surface area contributed by atoms with Crippen LogP contribution in [0.1, 0.15) is 248 Å². The molecule has 16 nitrogen and oxygen atoms in total. The molecule has 4 fully saturated rings. The Morgan fingerprint density at radius 2 is 0.819 bits per heavy atom. The molecule has 0 spiro atoms. The summed E-state index contributed by atoms with van der Waals surface area (Å²) < 4.78 is 398. The summed E-state index contributed by atoms with van der Waals surface area (Å²) in [5, 5.41) is 0. The molecule has 0 N–H and O–H groups in total. The minimum Gasteiger partial charge on any atom is -0.493 e. The molecule has 0 bridgehead atoms. The minimum absolute atomic E-state index is 0.00188. The average Bonchev–Trinajstić information content (AvgIpc) is 0.676. The van der Waals surface area contributed by atoms with Gasteiger partial charge in [-0.05, 0) is 168 Å². The van der Waals surface area contributed by atoms with Crippen LogP contribution < -0.4 is 37.9 Å². The van der Waals surface area contributed by atoms with Gasteiger partial charge in [-0.3, -0.25) is 38.8 Å². The lowest BCUT2D eigenvalue weighted by atomic mass is 9.79. The molecule has 0 amide bonds. The van der Waals surface area contributed by atoms with E-state index in [2.05, 4.69) is 0 Å². The van der Waals surface area contributed by atoms with Gasteiger partial charge in [-0.15, -0.1) is 0 Å². The third-order valence-electron chi connectivity index (χ3n) is 17.4. The first-order valence-electron chi connectivity index (χ1n) is 52.9. The third-order valence-corrected chi connectivity index (χ3v) is 17.4.